The predicted octanol–water partition coefficient (Wildman–Crippen LogP) is 1.26. The van der Waals surface area contributed by atoms with E-state index in [2.05, 4.69) is 44.1 Å². The van der Waals surface area contributed by atoms with Gasteiger partial charge in [-0.3, -0.25) is 4.68 Å². The molecule has 132 valence electrons. The smallest absolute Gasteiger partial charge is 0.254 e. The Kier molecular flexibility index (Phi) is 4.35. The molecule has 0 atom stereocenters. The monoisotopic (exact) mass is 341 g/mol. The molecule has 0 saturated carbocycles. The second-order valence-corrected chi connectivity index (χ2v) is 6.40. The highest BCUT2D eigenvalue weighted by Gasteiger charge is 2.25. The summed E-state index contributed by atoms with van der Waals surface area (Å²) in [7, 11) is 0. The van der Waals surface area contributed by atoms with Gasteiger partial charge in [-0.2, -0.15) is 19.7 Å². The SMILES string of the molecule is CCc1cc(N2CCC(c3ccnn3CCO)CC2)n2ncnc2n1. The van der Waals surface area contributed by atoms with Gasteiger partial charge in [-0.05, 0) is 25.3 Å². The minimum atomic E-state index is 0.120. The summed E-state index contributed by atoms with van der Waals surface area (Å²) in [5, 5.41) is 17.9. The summed E-state index contributed by atoms with van der Waals surface area (Å²) < 4.78 is 3.76. The minimum Gasteiger partial charge on any atom is -0.394 e. The Bertz CT molecular complexity index is 848. The van der Waals surface area contributed by atoms with Gasteiger partial charge in [0.15, 0.2) is 0 Å². The molecular formula is C17H23N7O. The molecule has 0 radical (unpaired) electrons. The second-order valence-electron chi connectivity index (χ2n) is 6.40. The number of aliphatic hydroxyl groups is 1. The summed E-state index contributed by atoms with van der Waals surface area (Å²) in [4.78, 5) is 11.1. The third-order valence-corrected chi connectivity index (χ3v) is 4.95. The van der Waals surface area contributed by atoms with Gasteiger partial charge in [0.2, 0.25) is 0 Å². The normalized spacial score (nSPS) is 16.0. The van der Waals surface area contributed by atoms with Gasteiger partial charge in [0.05, 0.1) is 13.2 Å². The number of nitrogens with zero attached hydrogens (tertiary/aromatic N) is 7. The molecule has 1 fully saturated rings. The van der Waals surface area contributed by atoms with Gasteiger partial charge < -0.3 is 10.0 Å². The molecule has 3 aromatic rings. The molecule has 0 aliphatic carbocycles. The number of aryl methyl sites for hydroxylation is 1. The van der Waals surface area contributed by atoms with Crippen LogP contribution in [0.3, 0.4) is 0 Å². The molecule has 1 aliphatic heterocycles. The number of anilines is 1. The Balaban J connectivity index is 1.54. The van der Waals surface area contributed by atoms with E-state index in [0.717, 1.165) is 43.9 Å². The average Bonchev–Trinajstić information content (AvgIpc) is 3.30. The molecule has 25 heavy (non-hydrogen) atoms. The van der Waals surface area contributed by atoms with Crippen molar-refractivity contribution in [3.63, 3.8) is 0 Å². The summed E-state index contributed by atoms with van der Waals surface area (Å²) in [5.41, 5.74) is 2.27. The fourth-order valence-electron chi connectivity index (χ4n) is 3.63. The Morgan fingerprint density at radius 3 is 2.84 bits per heavy atom. The van der Waals surface area contributed by atoms with Crippen molar-refractivity contribution in [2.75, 3.05) is 24.6 Å². The number of aliphatic hydroxyl groups excluding tert-OH is 1. The van der Waals surface area contributed by atoms with Gasteiger partial charge >= 0.3 is 0 Å². The van der Waals surface area contributed by atoms with E-state index in [-0.39, 0.29) is 6.61 Å². The fourth-order valence-corrected chi connectivity index (χ4v) is 3.63. The lowest BCUT2D eigenvalue weighted by Crippen LogP contribution is -2.35. The second kappa shape index (κ2) is 6.79. The van der Waals surface area contributed by atoms with Gasteiger partial charge in [-0.25, -0.2) is 4.98 Å². The van der Waals surface area contributed by atoms with Crippen molar-refractivity contribution in [2.45, 2.75) is 38.6 Å². The summed E-state index contributed by atoms with van der Waals surface area (Å²) in [6.45, 7) is 4.70. The van der Waals surface area contributed by atoms with Crippen LogP contribution in [0.2, 0.25) is 0 Å². The first-order valence-electron chi connectivity index (χ1n) is 8.87. The molecular weight excluding hydrogens is 318 g/mol. The molecule has 0 amide bonds. The molecule has 0 unspecified atom stereocenters. The highest BCUT2D eigenvalue weighted by molar-refractivity contribution is 5.48. The van der Waals surface area contributed by atoms with Crippen molar-refractivity contribution in [1.29, 1.82) is 0 Å². The molecule has 1 saturated heterocycles. The van der Waals surface area contributed by atoms with E-state index in [1.54, 1.807) is 6.33 Å². The van der Waals surface area contributed by atoms with E-state index >= 15 is 0 Å². The number of piperidine rings is 1. The third-order valence-electron chi connectivity index (χ3n) is 4.95. The molecule has 3 aromatic heterocycles. The van der Waals surface area contributed by atoms with Gasteiger partial charge in [0.25, 0.3) is 5.78 Å². The van der Waals surface area contributed by atoms with Crippen molar-refractivity contribution in [1.82, 2.24) is 29.4 Å². The molecule has 0 aromatic carbocycles. The number of rotatable bonds is 5. The maximum Gasteiger partial charge on any atom is 0.254 e. The van der Waals surface area contributed by atoms with Crippen molar-refractivity contribution in [3.05, 3.63) is 36.0 Å². The maximum absolute atomic E-state index is 9.19. The molecule has 4 rings (SSSR count). The lowest BCUT2D eigenvalue weighted by molar-refractivity contribution is 0.265. The van der Waals surface area contributed by atoms with Crippen molar-refractivity contribution in [3.8, 4) is 0 Å². The molecule has 8 nitrogen and oxygen atoms in total. The van der Waals surface area contributed by atoms with Crippen LogP contribution in [-0.2, 0) is 13.0 Å². The van der Waals surface area contributed by atoms with Crippen LogP contribution in [0.1, 0.15) is 37.1 Å². The number of hydrogen-bond acceptors (Lipinski definition) is 6. The van der Waals surface area contributed by atoms with Gasteiger partial charge in [-0.1, -0.05) is 6.92 Å². The van der Waals surface area contributed by atoms with Crippen LogP contribution in [0, 0.1) is 0 Å². The van der Waals surface area contributed by atoms with Crippen LogP contribution in [0.25, 0.3) is 5.78 Å². The van der Waals surface area contributed by atoms with E-state index in [1.165, 1.54) is 5.69 Å². The van der Waals surface area contributed by atoms with E-state index in [9.17, 15) is 5.11 Å². The first-order chi connectivity index (χ1) is 12.3. The van der Waals surface area contributed by atoms with E-state index in [1.807, 2.05) is 15.4 Å². The Labute approximate surface area is 146 Å². The minimum absolute atomic E-state index is 0.120. The first-order valence-corrected chi connectivity index (χ1v) is 8.87. The Hall–Kier alpha value is -2.48. The van der Waals surface area contributed by atoms with Crippen LogP contribution in [0.5, 0.6) is 0 Å². The van der Waals surface area contributed by atoms with E-state index in [4.69, 9.17) is 0 Å². The molecule has 1 aliphatic rings. The average molecular weight is 341 g/mol. The lowest BCUT2D eigenvalue weighted by atomic mass is 9.93. The zero-order chi connectivity index (χ0) is 17.2. The fraction of sp³-hybridized carbons (Fsp3) is 0.529. The van der Waals surface area contributed by atoms with Crippen LogP contribution >= 0.6 is 0 Å². The van der Waals surface area contributed by atoms with Gasteiger partial charge in [0, 0.05) is 42.7 Å². The van der Waals surface area contributed by atoms with Crippen molar-refractivity contribution >= 4 is 11.6 Å². The zero-order valence-electron chi connectivity index (χ0n) is 14.4. The largest absolute Gasteiger partial charge is 0.394 e. The Morgan fingerprint density at radius 1 is 1.24 bits per heavy atom. The van der Waals surface area contributed by atoms with E-state index in [0.29, 0.717) is 18.2 Å². The highest BCUT2D eigenvalue weighted by Crippen LogP contribution is 2.30. The summed E-state index contributed by atoms with van der Waals surface area (Å²) in [6.07, 6.45) is 6.37. The van der Waals surface area contributed by atoms with E-state index < -0.39 is 0 Å². The van der Waals surface area contributed by atoms with Gasteiger partial charge in [0.1, 0.15) is 12.1 Å². The highest BCUT2D eigenvalue weighted by atomic mass is 16.3. The molecule has 0 bridgehead atoms. The number of aromatic nitrogens is 6. The topological polar surface area (TPSA) is 84.4 Å². The van der Waals surface area contributed by atoms with Crippen LogP contribution < -0.4 is 4.90 Å². The summed E-state index contributed by atoms with van der Waals surface area (Å²) in [6, 6.07) is 4.20. The summed E-state index contributed by atoms with van der Waals surface area (Å²) in [5.74, 6) is 2.21. The summed E-state index contributed by atoms with van der Waals surface area (Å²) >= 11 is 0. The third kappa shape index (κ3) is 2.97. The molecule has 4 heterocycles. The quantitative estimate of drug-likeness (QED) is 0.752. The first kappa shape index (κ1) is 16.0. The standard InChI is InChI=1S/C17H23N7O/c1-2-14-11-16(24-17(21-14)18-12-20-24)22-7-4-13(5-8-22)15-3-6-19-23(15)9-10-25/h3,6,11-13,25H,2,4-5,7-10H2,1H3. The predicted molar refractivity (Wildman–Crippen MR) is 93.7 cm³/mol. The van der Waals surface area contributed by atoms with Crippen LogP contribution in [-0.4, -0.2) is 54.2 Å². The number of hydrogen-bond donors (Lipinski definition) is 1. The molecule has 8 heteroatoms. The Morgan fingerprint density at radius 2 is 2.08 bits per heavy atom. The number of fused-ring (bicyclic) bond motifs is 1. The zero-order valence-corrected chi connectivity index (χ0v) is 14.4. The van der Waals surface area contributed by atoms with Crippen LogP contribution in [0.4, 0.5) is 5.82 Å². The lowest BCUT2D eigenvalue weighted by Gasteiger charge is -2.33. The maximum atomic E-state index is 9.19. The van der Waals surface area contributed by atoms with Crippen molar-refractivity contribution < 1.29 is 5.11 Å². The van der Waals surface area contributed by atoms with Crippen molar-refractivity contribution in [2.24, 2.45) is 0 Å². The van der Waals surface area contributed by atoms with Crippen LogP contribution in [0.15, 0.2) is 24.7 Å². The molecule has 0 spiro atoms. The van der Waals surface area contributed by atoms with Gasteiger partial charge in [-0.15, -0.1) is 0 Å². The molecule has 1 N–H and O–H groups in total.